The van der Waals surface area contributed by atoms with Crippen molar-refractivity contribution in [3.05, 3.63) is 48.2 Å². The van der Waals surface area contributed by atoms with E-state index in [1.165, 1.54) is 0 Å². The molecule has 1 aromatic heterocycles. The van der Waals surface area contributed by atoms with E-state index in [0.717, 1.165) is 35.7 Å². The number of carboxylic acids is 1. The second-order valence-electron chi connectivity index (χ2n) is 6.37. The number of hydrogen-bond donors (Lipinski definition) is 1. The van der Waals surface area contributed by atoms with Gasteiger partial charge >= 0.3 is 5.97 Å². The zero-order valence-electron chi connectivity index (χ0n) is 14.1. The molecule has 0 saturated carbocycles. The van der Waals surface area contributed by atoms with Crippen molar-refractivity contribution in [3.63, 3.8) is 0 Å². The number of para-hydroxylation sites is 1. The van der Waals surface area contributed by atoms with Crippen molar-refractivity contribution in [1.29, 1.82) is 0 Å². The number of benzene rings is 1. The largest absolute Gasteiger partial charge is 0.481 e. The fourth-order valence-electron chi connectivity index (χ4n) is 3.40. The lowest BCUT2D eigenvalue weighted by Crippen LogP contribution is -2.43. The van der Waals surface area contributed by atoms with Crippen LogP contribution in [0.5, 0.6) is 0 Å². The first-order chi connectivity index (χ1) is 12.1. The van der Waals surface area contributed by atoms with Gasteiger partial charge in [0.2, 0.25) is 5.91 Å². The maximum atomic E-state index is 12.6. The molecule has 1 amide bonds. The number of aliphatic carboxylic acids is 1. The predicted molar refractivity (Wildman–Crippen MR) is 97.0 cm³/mol. The highest BCUT2D eigenvalue weighted by Crippen LogP contribution is 2.22. The summed E-state index contributed by atoms with van der Waals surface area (Å²) in [5.74, 6) is -0.863. The molecule has 130 valence electrons. The van der Waals surface area contributed by atoms with Crippen LogP contribution in [-0.4, -0.2) is 39.5 Å². The lowest BCUT2D eigenvalue weighted by Gasteiger charge is -2.35. The molecule has 2 aromatic rings. The molecule has 1 aromatic carbocycles. The van der Waals surface area contributed by atoms with Crippen LogP contribution in [0.2, 0.25) is 0 Å². The third kappa shape index (κ3) is 4.24. The van der Waals surface area contributed by atoms with E-state index in [2.05, 4.69) is 4.98 Å². The first-order valence-electron chi connectivity index (χ1n) is 8.69. The molecule has 0 bridgehead atoms. The number of carboxylic acid groups (broad SMARTS) is 1. The minimum absolute atomic E-state index is 0.0210. The summed E-state index contributed by atoms with van der Waals surface area (Å²) in [5, 5.41) is 9.93. The number of pyridine rings is 1. The summed E-state index contributed by atoms with van der Waals surface area (Å²) < 4.78 is 0. The van der Waals surface area contributed by atoms with E-state index in [-0.39, 0.29) is 18.4 Å². The third-order valence-corrected chi connectivity index (χ3v) is 4.67. The van der Waals surface area contributed by atoms with E-state index in [0.29, 0.717) is 13.0 Å². The summed E-state index contributed by atoms with van der Waals surface area (Å²) in [4.78, 5) is 29.7. The topological polar surface area (TPSA) is 70.5 Å². The molecule has 1 aliphatic rings. The van der Waals surface area contributed by atoms with Crippen LogP contribution >= 0.6 is 0 Å². The summed E-state index contributed by atoms with van der Waals surface area (Å²) >= 11 is 0. The van der Waals surface area contributed by atoms with Crippen LogP contribution in [-0.2, 0) is 9.59 Å². The number of amides is 1. The molecule has 0 radical (unpaired) electrons. The molecule has 1 unspecified atom stereocenters. The van der Waals surface area contributed by atoms with Crippen molar-refractivity contribution in [2.45, 2.75) is 38.1 Å². The maximum absolute atomic E-state index is 12.6. The Hall–Kier alpha value is -2.69. The Morgan fingerprint density at radius 2 is 2.08 bits per heavy atom. The standard InChI is InChI=1S/C20H22N2O3/c23-18(22-14-2-1-8-17(22)10-12-19(24)25)11-9-16-6-3-5-15-7-4-13-21-20(15)16/h3-7,9,11,13,17H,1-2,8,10,12,14H2,(H,24,25)/b11-9+. The first-order valence-corrected chi connectivity index (χ1v) is 8.69. The van der Waals surface area contributed by atoms with Gasteiger partial charge in [-0.15, -0.1) is 0 Å². The molecular weight excluding hydrogens is 316 g/mol. The quantitative estimate of drug-likeness (QED) is 0.847. The Morgan fingerprint density at radius 3 is 2.92 bits per heavy atom. The smallest absolute Gasteiger partial charge is 0.303 e. The van der Waals surface area contributed by atoms with E-state index in [1.807, 2.05) is 35.2 Å². The molecule has 3 rings (SSSR count). The number of fused-ring (bicyclic) bond motifs is 1. The van der Waals surface area contributed by atoms with Gasteiger partial charge in [0.25, 0.3) is 0 Å². The fraction of sp³-hybridized carbons (Fsp3) is 0.350. The Labute approximate surface area is 147 Å². The van der Waals surface area contributed by atoms with Crippen molar-refractivity contribution >= 4 is 28.9 Å². The number of carbonyl (C=O) groups excluding carboxylic acids is 1. The monoisotopic (exact) mass is 338 g/mol. The molecule has 1 N–H and O–H groups in total. The lowest BCUT2D eigenvalue weighted by molar-refractivity contribution is -0.138. The molecule has 0 aliphatic carbocycles. The van der Waals surface area contributed by atoms with E-state index in [1.54, 1.807) is 18.3 Å². The second kappa shape index (κ2) is 7.92. The predicted octanol–water partition coefficient (Wildman–Crippen LogP) is 3.49. The molecule has 5 nitrogen and oxygen atoms in total. The molecule has 25 heavy (non-hydrogen) atoms. The minimum atomic E-state index is -0.810. The number of piperidine rings is 1. The highest BCUT2D eigenvalue weighted by molar-refractivity contribution is 5.95. The number of rotatable bonds is 5. The summed E-state index contributed by atoms with van der Waals surface area (Å²) in [6, 6.07) is 9.79. The van der Waals surface area contributed by atoms with Crippen molar-refractivity contribution in [2.75, 3.05) is 6.54 Å². The number of carbonyl (C=O) groups is 2. The van der Waals surface area contributed by atoms with Crippen LogP contribution < -0.4 is 0 Å². The normalized spacial score (nSPS) is 17.9. The molecular formula is C20H22N2O3. The SMILES string of the molecule is O=C(O)CCC1CCCCN1C(=O)/C=C/c1cccc2cccnc12. The van der Waals surface area contributed by atoms with E-state index < -0.39 is 5.97 Å². The zero-order chi connectivity index (χ0) is 17.6. The zero-order valence-corrected chi connectivity index (χ0v) is 14.1. The molecule has 5 heteroatoms. The Morgan fingerprint density at radius 1 is 1.24 bits per heavy atom. The van der Waals surface area contributed by atoms with Gasteiger partial charge in [0.1, 0.15) is 0 Å². The summed E-state index contributed by atoms with van der Waals surface area (Å²) in [6.45, 7) is 0.696. The van der Waals surface area contributed by atoms with Gasteiger partial charge in [-0.05, 0) is 37.8 Å². The van der Waals surface area contributed by atoms with Crippen LogP contribution in [0.3, 0.4) is 0 Å². The number of likely N-dealkylation sites (tertiary alicyclic amines) is 1. The molecule has 1 aliphatic heterocycles. The van der Waals surface area contributed by atoms with Gasteiger partial charge in [0, 0.05) is 42.2 Å². The minimum Gasteiger partial charge on any atom is -0.481 e. The Kier molecular flexibility index (Phi) is 5.43. The molecule has 1 atom stereocenters. The van der Waals surface area contributed by atoms with E-state index in [4.69, 9.17) is 5.11 Å². The summed E-state index contributed by atoms with van der Waals surface area (Å²) in [7, 11) is 0. The molecule has 1 fully saturated rings. The maximum Gasteiger partial charge on any atom is 0.303 e. The number of aromatic nitrogens is 1. The van der Waals surface area contributed by atoms with Crippen molar-refractivity contribution in [3.8, 4) is 0 Å². The van der Waals surface area contributed by atoms with Crippen LogP contribution in [0.1, 0.15) is 37.7 Å². The third-order valence-electron chi connectivity index (χ3n) is 4.67. The Bertz CT molecular complexity index is 795. The highest BCUT2D eigenvalue weighted by atomic mass is 16.4. The average Bonchev–Trinajstić information content (AvgIpc) is 2.64. The van der Waals surface area contributed by atoms with Gasteiger partial charge in [-0.3, -0.25) is 14.6 Å². The summed E-state index contributed by atoms with van der Waals surface area (Å²) in [5.41, 5.74) is 1.78. The summed E-state index contributed by atoms with van der Waals surface area (Å²) in [6.07, 6.45) is 8.65. The van der Waals surface area contributed by atoms with E-state index >= 15 is 0 Å². The second-order valence-corrected chi connectivity index (χ2v) is 6.37. The first kappa shape index (κ1) is 17.1. The van der Waals surface area contributed by atoms with Crippen LogP contribution in [0, 0.1) is 0 Å². The van der Waals surface area contributed by atoms with E-state index in [9.17, 15) is 9.59 Å². The van der Waals surface area contributed by atoms with Crippen LogP contribution in [0.4, 0.5) is 0 Å². The van der Waals surface area contributed by atoms with Gasteiger partial charge in [-0.2, -0.15) is 0 Å². The fourth-order valence-corrected chi connectivity index (χ4v) is 3.40. The Balaban J connectivity index is 1.75. The highest BCUT2D eigenvalue weighted by Gasteiger charge is 2.25. The van der Waals surface area contributed by atoms with Crippen molar-refractivity contribution < 1.29 is 14.7 Å². The van der Waals surface area contributed by atoms with Crippen molar-refractivity contribution in [2.24, 2.45) is 0 Å². The number of nitrogens with zero attached hydrogens (tertiary/aromatic N) is 2. The van der Waals surface area contributed by atoms with Gasteiger partial charge < -0.3 is 10.0 Å². The lowest BCUT2D eigenvalue weighted by atomic mass is 9.97. The van der Waals surface area contributed by atoms with Gasteiger partial charge in [0.05, 0.1) is 5.52 Å². The van der Waals surface area contributed by atoms with Gasteiger partial charge in [-0.1, -0.05) is 24.3 Å². The number of hydrogen-bond acceptors (Lipinski definition) is 3. The van der Waals surface area contributed by atoms with Gasteiger partial charge in [0.15, 0.2) is 0 Å². The molecule has 1 saturated heterocycles. The van der Waals surface area contributed by atoms with Crippen molar-refractivity contribution in [1.82, 2.24) is 9.88 Å². The van der Waals surface area contributed by atoms with Gasteiger partial charge in [-0.25, -0.2) is 0 Å². The molecule has 0 spiro atoms. The average molecular weight is 338 g/mol. The van der Waals surface area contributed by atoms with Crippen LogP contribution in [0.15, 0.2) is 42.6 Å². The van der Waals surface area contributed by atoms with Crippen LogP contribution in [0.25, 0.3) is 17.0 Å². The molecule has 2 heterocycles.